The van der Waals surface area contributed by atoms with E-state index in [1.807, 2.05) is 12.1 Å². The maximum Gasteiger partial charge on any atom is 0.123 e. The second-order valence-electron chi connectivity index (χ2n) is 6.09. The van der Waals surface area contributed by atoms with Gasteiger partial charge in [0.15, 0.2) is 0 Å². The Morgan fingerprint density at radius 1 is 0.760 bits per heavy atom. The van der Waals surface area contributed by atoms with E-state index in [0.717, 1.165) is 33.5 Å². The van der Waals surface area contributed by atoms with Gasteiger partial charge in [0.05, 0.1) is 16.9 Å². The van der Waals surface area contributed by atoms with E-state index in [9.17, 15) is 4.39 Å². The summed E-state index contributed by atoms with van der Waals surface area (Å²) in [6, 6.07) is 16.4. The number of nitrogens with zero attached hydrogens (tertiary/aromatic N) is 3. The fourth-order valence-corrected chi connectivity index (χ4v) is 2.82. The third-order valence-electron chi connectivity index (χ3n) is 4.40. The summed E-state index contributed by atoms with van der Waals surface area (Å²) in [4.78, 5) is 13.5. The molecule has 2 aromatic carbocycles. The molecule has 0 atom stereocenters. The van der Waals surface area contributed by atoms with Gasteiger partial charge in [-0.2, -0.15) is 0 Å². The maximum absolute atomic E-state index is 13.2. The quantitative estimate of drug-likeness (QED) is 0.512. The number of aromatic nitrogens is 3. The second kappa shape index (κ2) is 6.06. The monoisotopic (exact) mass is 329 g/mol. The molecule has 0 saturated carbocycles. The molecule has 122 valence electrons. The fraction of sp³-hybridized carbons (Fsp3) is 0.0952. The smallest absolute Gasteiger partial charge is 0.123 e. The molecule has 0 aliphatic heterocycles. The number of aryl methyl sites for hydroxylation is 2. The van der Waals surface area contributed by atoms with Gasteiger partial charge < -0.3 is 0 Å². The number of pyridine rings is 1. The molecule has 0 amide bonds. The Labute approximate surface area is 145 Å². The van der Waals surface area contributed by atoms with Gasteiger partial charge in [-0.15, -0.1) is 0 Å². The van der Waals surface area contributed by atoms with Crippen LogP contribution in [-0.4, -0.2) is 15.0 Å². The van der Waals surface area contributed by atoms with Crippen LogP contribution in [0.5, 0.6) is 0 Å². The van der Waals surface area contributed by atoms with E-state index < -0.39 is 0 Å². The summed E-state index contributed by atoms with van der Waals surface area (Å²) in [5.41, 5.74) is 7.42. The molecule has 0 fully saturated rings. The molecule has 0 aliphatic carbocycles. The highest BCUT2D eigenvalue weighted by Gasteiger charge is 2.10. The first-order chi connectivity index (χ1) is 12.1. The number of hydrogen-bond donors (Lipinski definition) is 0. The molecule has 2 heterocycles. The zero-order valence-corrected chi connectivity index (χ0v) is 14.0. The number of fused-ring (bicyclic) bond motifs is 1. The van der Waals surface area contributed by atoms with Crippen molar-refractivity contribution < 1.29 is 4.39 Å². The third-order valence-corrected chi connectivity index (χ3v) is 4.40. The molecule has 0 spiro atoms. The van der Waals surface area contributed by atoms with Gasteiger partial charge in [0.1, 0.15) is 17.7 Å². The number of hydrogen-bond acceptors (Lipinski definition) is 3. The summed E-state index contributed by atoms with van der Waals surface area (Å²) in [7, 11) is 0. The average Bonchev–Trinajstić information content (AvgIpc) is 2.64. The average molecular weight is 329 g/mol. The first kappa shape index (κ1) is 15.4. The van der Waals surface area contributed by atoms with Crippen LogP contribution in [0.25, 0.3) is 33.5 Å². The van der Waals surface area contributed by atoms with Gasteiger partial charge in [-0.3, -0.25) is 0 Å². The van der Waals surface area contributed by atoms with Crippen molar-refractivity contribution in [2.45, 2.75) is 13.8 Å². The molecule has 25 heavy (non-hydrogen) atoms. The van der Waals surface area contributed by atoms with Crippen LogP contribution in [0.4, 0.5) is 4.39 Å². The van der Waals surface area contributed by atoms with Gasteiger partial charge in [-0.05, 0) is 67.4 Å². The van der Waals surface area contributed by atoms with Crippen LogP contribution in [0.15, 0.2) is 60.9 Å². The Balaban J connectivity index is 1.91. The van der Waals surface area contributed by atoms with Crippen molar-refractivity contribution in [3.63, 3.8) is 0 Å². The van der Waals surface area contributed by atoms with Crippen molar-refractivity contribution in [1.29, 1.82) is 0 Å². The normalized spacial score (nSPS) is 11.0. The van der Waals surface area contributed by atoms with E-state index >= 15 is 0 Å². The van der Waals surface area contributed by atoms with Crippen molar-refractivity contribution in [3.05, 3.63) is 77.9 Å². The molecular weight excluding hydrogens is 313 g/mol. The molecule has 0 bridgehead atoms. The minimum Gasteiger partial charge on any atom is -0.244 e. The molecule has 2 aromatic heterocycles. The number of halogens is 1. The van der Waals surface area contributed by atoms with Crippen molar-refractivity contribution in [2.75, 3.05) is 0 Å². The molecule has 0 radical (unpaired) electrons. The van der Waals surface area contributed by atoms with Crippen molar-refractivity contribution in [3.8, 4) is 22.5 Å². The van der Waals surface area contributed by atoms with Crippen LogP contribution in [0.2, 0.25) is 0 Å². The lowest BCUT2D eigenvalue weighted by atomic mass is 10.0. The van der Waals surface area contributed by atoms with Crippen LogP contribution >= 0.6 is 0 Å². The molecule has 0 N–H and O–H groups in total. The maximum atomic E-state index is 13.2. The van der Waals surface area contributed by atoms with E-state index in [1.54, 1.807) is 18.5 Å². The van der Waals surface area contributed by atoms with Gasteiger partial charge in [-0.1, -0.05) is 12.1 Å². The van der Waals surface area contributed by atoms with E-state index in [2.05, 4.69) is 42.0 Å². The van der Waals surface area contributed by atoms with Crippen LogP contribution in [0, 0.1) is 19.7 Å². The molecule has 0 unspecified atom stereocenters. The Bertz CT molecular complexity index is 1070. The molecule has 4 heteroatoms. The zero-order valence-electron chi connectivity index (χ0n) is 14.0. The molecular formula is C21H16FN3. The van der Waals surface area contributed by atoms with E-state index in [1.165, 1.54) is 23.3 Å². The lowest BCUT2D eigenvalue weighted by Crippen LogP contribution is -1.94. The van der Waals surface area contributed by atoms with Gasteiger partial charge in [0.2, 0.25) is 0 Å². The van der Waals surface area contributed by atoms with Crippen LogP contribution in [0.1, 0.15) is 11.1 Å². The summed E-state index contributed by atoms with van der Waals surface area (Å²) in [6.07, 6.45) is 1.56. The topological polar surface area (TPSA) is 38.7 Å². The largest absolute Gasteiger partial charge is 0.244 e. The Morgan fingerprint density at radius 3 is 2.28 bits per heavy atom. The second-order valence-corrected chi connectivity index (χ2v) is 6.09. The summed E-state index contributed by atoms with van der Waals surface area (Å²) in [5, 5.41) is 0. The lowest BCUT2D eigenvalue weighted by Gasteiger charge is -2.09. The number of rotatable bonds is 2. The van der Waals surface area contributed by atoms with Crippen LogP contribution < -0.4 is 0 Å². The lowest BCUT2D eigenvalue weighted by molar-refractivity contribution is 0.628. The predicted molar refractivity (Wildman–Crippen MR) is 97.6 cm³/mol. The summed E-state index contributed by atoms with van der Waals surface area (Å²) >= 11 is 0. The Morgan fingerprint density at radius 2 is 1.52 bits per heavy atom. The Kier molecular flexibility index (Phi) is 3.73. The van der Waals surface area contributed by atoms with E-state index in [-0.39, 0.29) is 5.82 Å². The first-order valence-electron chi connectivity index (χ1n) is 8.07. The molecule has 0 saturated heterocycles. The van der Waals surface area contributed by atoms with Crippen LogP contribution in [0.3, 0.4) is 0 Å². The highest BCUT2D eigenvalue weighted by molar-refractivity contribution is 5.90. The Hall–Kier alpha value is -3.14. The summed E-state index contributed by atoms with van der Waals surface area (Å²) in [6.45, 7) is 4.17. The van der Waals surface area contributed by atoms with Crippen molar-refractivity contribution in [1.82, 2.24) is 15.0 Å². The standard InChI is InChI=1S/C21H16FN3/c1-13-3-4-16(11-14(13)2)20-21-19(23-12-24-20)10-9-18(25-21)15-5-7-17(22)8-6-15/h3-12H,1-2H3. The predicted octanol–water partition coefficient (Wildman–Crippen LogP) is 5.11. The van der Waals surface area contributed by atoms with Gasteiger partial charge in [0, 0.05) is 11.1 Å². The third kappa shape index (κ3) is 2.87. The van der Waals surface area contributed by atoms with Gasteiger partial charge in [-0.25, -0.2) is 19.3 Å². The summed E-state index contributed by atoms with van der Waals surface area (Å²) < 4.78 is 13.2. The molecule has 4 aromatic rings. The molecule has 0 aliphatic rings. The molecule has 3 nitrogen and oxygen atoms in total. The first-order valence-corrected chi connectivity index (χ1v) is 8.07. The van der Waals surface area contributed by atoms with Gasteiger partial charge in [0.25, 0.3) is 0 Å². The van der Waals surface area contributed by atoms with Crippen LogP contribution in [-0.2, 0) is 0 Å². The minimum absolute atomic E-state index is 0.260. The molecule has 4 rings (SSSR count). The van der Waals surface area contributed by atoms with E-state index in [0.29, 0.717) is 0 Å². The van der Waals surface area contributed by atoms with Crippen molar-refractivity contribution >= 4 is 11.0 Å². The highest BCUT2D eigenvalue weighted by atomic mass is 19.1. The minimum atomic E-state index is -0.260. The summed E-state index contributed by atoms with van der Waals surface area (Å²) in [5.74, 6) is -0.260. The zero-order chi connectivity index (χ0) is 17.4. The van der Waals surface area contributed by atoms with E-state index in [4.69, 9.17) is 4.98 Å². The SMILES string of the molecule is Cc1ccc(-c2ncnc3ccc(-c4ccc(F)cc4)nc23)cc1C. The highest BCUT2D eigenvalue weighted by Crippen LogP contribution is 2.28. The van der Waals surface area contributed by atoms with Crippen molar-refractivity contribution in [2.24, 2.45) is 0 Å². The number of benzene rings is 2. The van der Waals surface area contributed by atoms with Gasteiger partial charge >= 0.3 is 0 Å². The fourth-order valence-electron chi connectivity index (χ4n) is 2.82.